The summed E-state index contributed by atoms with van der Waals surface area (Å²) in [5.41, 5.74) is 4.07. The van der Waals surface area contributed by atoms with Gasteiger partial charge in [0.05, 0.1) is 19.3 Å². The van der Waals surface area contributed by atoms with Crippen LogP contribution in [-0.4, -0.2) is 135 Å². The van der Waals surface area contributed by atoms with Crippen molar-refractivity contribution in [3.05, 3.63) is 53.6 Å². The van der Waals surface area contributed by atoms with E-state index in [1.165, 1.54) is 63.0 Å². The van der Waals surface area contributed by atoms with Crippen LogP contribution in [0.2, 0.25) is 0 Å². The van der Waals surface area contributed by atoms with Gasteiger partial charge in [0.1, 0.15) is 5.78 Å². The van der Waals surface area contributed by atoms with Crippen LogP contribution in [0.5, 0.6) is 11.5 Å². The van der Waals surface area contributed by atoms with Gasteiger partial charge in [0.25, 0.3) is 0 Å². The first kappa shape index (κ1) is 45.0. The van der Waals surface area contributed by atoms with E-state index in [4.69, 9.17) is 14.2 Å². The van der Waals surface area contributed by atoms with Crippen molar-refractivity contribution < 1.29 is 19.0 Å². The minimum atomic E-state index is 0.00771. The van der Waals surface area contributed by atoms with E-state index in [2.05, 4.69) is 104 Å². The standard InChI is InChI=1S/C19H28N2O3.C11H15N.C9H19N.C7H15NO/c1-14(2)20-8-10-21(11-9-20)15(3)17(22)6-4-16-5-7-18-19(12-16)24-13-23-18;1-9(2)12-8-7-10-5-3-4-6-11(10)12;1-9(2)10-7-5-3-4-6-8-10;1-7(2)8-3-5-9-6-4-8/h5,7,12,14-15H,4,6,8-11,13H2,1-3H3;3-6,9H,7-8H2,1-2H3;9H,3-8H2,1-2H3;7H,3-6H2,1-2H3. The fourth-order valence-electron chi connectivity index (χ4n) is 8.02. The minimum absolute atomic E-state index is 0.00771. The van der Waals surface area contributed by atoms with Crippen molar-refractivity contribution in [1.29, 1.82) is 0 Å². The summed E-state index contributed by atoms with van der Waals surface area (Å²) in [6.07, 6.45) is 8.27. The van der Waals surface area contributed by atoms with Crippen LogP contribution >= 0.6 is 0 Å². The molecule has 0 N–H and O–H groups in total. The number of para-hydroxylation sites is 1. The number of nitrogens with zero attached hydrogens (tertiary/aromatic N) is 5. The zero-order chi connectivity index (χ0) is 39.7. The monoisotopic (exact) mass is 764 g/mol. The molecule has 310 valence electrons. The van der Waals surface area contributed by atoms with Gasteiger partial charge in [-0.1, -0.05) is 37.1 Å². The SMILES string of the molecule is CC(C)N1CCCCCC1.CC(C)N1CCN(C(C)C(=O)CCc2ccc3c(c2)OCO3)CC1.CC(C)N1CCOCC1.CC(C)N1CCc2ccccc21. The first-order valence-electron chi connectivity index (χ1n) is 21.7. The molecule has 0 aromatic heterocycles. The lowest BCUT2D eigenvalue weighted by molar-refractivity contribution is -0.124. The van der Waals surface area contributed by atoms with E-state index in [0.29, 0.717) is 30.3 Å². The van der Waals surface area contributed by atoms with Crippen LogP contribution in [0.15, 0.2) is 42.5 Å². The normalized spacial score (nSPS) is 19.9. The number of aryl methyl sites for hydroxylation is 1. The van der Waals surface area contributed by atoms with Crippen molar-refractivity contribution in [2.24, 2.45) is 0 Å². The summed E-state index contributed by atoms with van der Waals surface area (Å²) in [7, 11) is 0. The molecule has 5 heterocycles. The molecule has 0 spiro atoms. The minimum Gasteiger partial charge on any atom is -0.454 e. The smallest absolute Gasteiger partial charge is 0.231 e. The zero-order valence-corrected chi connectivity index (χ0v) is 36.2. The number of rotatable bonds is 9. The van der Waals surface area contributed by atoms with Crippen LogP contribution in [0, 0.1) is 0 Å². The fourth-order valence-corrected chi connectivity index (χ4v) is 8.02. The zero-order valence-electron chi connectivity index (χ0n) is 36.2. The third-order valence-corrected chi connectivity index (χ3v) is 11.9. The van der Waals surface area contributed by atoms with E-state index in [1.807, 2.05) is 25.1 Å². The molecule has 0 saturated carbocycles. The number of anilines is 1. The predicted octanol–water partition coefficient (Wildman–Crippen LogP) is 7.79. The number of Topliss-reactive ketones (excluding diaryl/α,β-unsaturated/α-hetero) is 1. The number of benzene rings is 2. The highest BCUT2D eigenvalue weighted by Gasteiger charge is 2.26. The Bertz CT molecular complexity index is 1380. The van der Waals surface area contributed by atoms with E-state index in [1.54, 1.807) is 0 Å². The molecule has 1 unspecified atom stereocenters. The second kappa shape index (κ2) is 23.5. The van der Waals surface area contributed by atoms with Gasteiger partial charge < -0.3 is 24.0 Å². The summed E-state index contributed by atoms with van der Waals surface area (Å²) >= 11 is 0. The lowest BCUT2D eigenvalue weighted by Crippen LogP contribution is -2.53. The molecule has 2 aromatic carbocycles. The summed E-state index contributed by atoms with van der Waals surface area (Å²) in [6.45, 7) is 32.3. The topological polar surface area (TPSA) is 61.0 Å². The highest BCUT2D eigenvalue weighted by Crippen LogP contribution is 2.33. The second-order valence-corrected chi connectivity index (χ2v) is 16.9. The van der Waals surface area contributed by atoms with Gasteiger partial charge in [-0.3, -0.25) is 19.5 Å². The second-order valence-electron chi connectivity index (χ2n) is 16.9. The van der Waals surface area contributed by atoms with Gasteiger partial charge in [0, 0.05) is 82.1 Å². The van der Waals surface area contributed by atoms with Gasteiger partial charge in [-0.15, -0.1) is 0 Å². The Labute approximate surface area is 335 Å². The van der Waals surface area contributed by atoms with Gasteiger partial charge in [-0.25, -0.2) is 0 Å². The molecule has 0 radical (unpaired) electrons. The van der Waals surface area contributed by atoms with Crippen molar-refractivity contribution in [3.8, 4) is 11.5 Å². The summed E-state index contributed by atoms with van der Waals surface area (Å²) in [4.78, 5) is 24.8. The fraction of sp³-hybridized carbons (Fsp3) is 0.717. The van der Waals surface area contributed by atoms with Gasteiger partial charge in [0.2, 0.25) is 6.79 Å². The lowest BCUT2D eigenvalue weighted by atomic mass is 10.0. The summed E-state index contributed by atoms with van der Waals surface area (Å²) in [5, 5.41) is 0. The van der Waals surface area contributed by atoms with E-state index in [-0.39, 0.29) is 12.8 Å². The number of ketones is 1. The van der Waals surface area contributed by atoms with Crippen LogP contribution in [0.1, 0.15) is 106 Å². The van der Waals surface area contributed by atoms with Gasteiger partial charge in [-0.05, 0) is 130 Å². The molecule has 7 rings (SSSR count). The summed E-state index contributed by atoms with van der Waals surface area (Å²) < 4.78 is 15.9. The molecular weight excluding hydrogens is 687 g/mol. The highest BCUT2D eigenvalue weighted by molar-refractivity contribution is 5.83. The molecule has 9 heteroatoms. The first-order valence-corrected chi connectivity index (χ1v) is 21.7. The lowest BCUT2D eigenvalue weighted by Gasteiger charge is -2.39. The number of fused-ring (bicyclic) bond motifs is 2. The summed E-state index contributed by atoms with van der Waals surface area (Å²) in [5.74, 6) is 1.91. The third kappa shape index (κ3) is 14.6. The van der Waals surface area contributed by atoms with Crippen molar-refractivity contribution in [2.75, 3.05) is 83.8 Å². The Balaban J connectivity index is 0.000000181. The first-order chi connectivity index (χ1) is 26.4. The van der Waals surface area contributed by atoms with Gasteiger partial charge in [-0.2, -0.15) is 0 Å². The molecule has 0 bridgehead atoms. The Morgan fingerprint density at radius 3 is 1.76 bits per heavy atom. The molecule has 2 aromatic rings. The Morgan fingerprint density at radius 1 is 0.600 bits per heavy atom. The van der Waals surface area contributed by atoms with E-state index in [9.17, 15) is 4.79 Å². The number of carbonyl (C=O) groups excluding carboxylic acids is 1. The molecule has 3 saturated heterocycles. The molecule has 1 atom stereocenters. The third-order valence-electron chi connectivity index (χ3n) is 11.9. The number of morpholine rings is 1. The molecular formula is C46H77N5O4. The average molecular weight is 764 g/mol. The number of likely N-dealkylation sites (tertiary alicyclic amines) is 1. The number of hydrogen-bond donors (Lipinski definition) is 0. The van der Waals surface area contributed by atoms with Crippen LogP contribution in [0.3, 0.4) is 0 Å². The van der Waals surface area contributed by atoms with Crippen LogP contribution in [0.4, 0.5) is 5.69 Å². The Kier molecular flexibility index (Phi) is 19.3. The van der Waals surface area contributed by atoms with Gasteiger partial charge in [0.15, 0.2) is 11.5 Å². The molecule has 55 heavy (non-hydrogen) atoms. The largest absolute Gasteiger partial charge is 0.454 e. The molecule has 9 nitrogen and oxygen atoms in total. The van der Waals surface area contributed by atoms with Crippen molar-refractivity contribution >= 4 is 11.5 Å². The van der Waals surface area contributed by atoms with Crippen molar-refractivity contribution in [1.82, 2.24) is 19.6 Å². The molecule has 0 amide bonds. The average Bonchev–Trinajstić information content (AvgIpc) is 3.76. The van der Waals surface area contributed by atoms with Crippen LogP contribution < -0.4 is 14.4 Å². The molecule has 5 aliphatic heterocycles. The number of piperazine rings is 1. The number of hydrogen-bond acceptors (Lipinski definition) is 9. The Hall–Kier alpha value is -2.69. The van der Waals surface area contributed by atoms with E-state index in [0.717, 1.165) is 82.0 Å². The van der Waals surface area contributed by atoms with Crippen molar-refractivity contribution in [3.63, 3.8) is 0 Å². The molecule has 5 aliphatic rings. The van der Waals surface area contributed by atoms with Crippen LogP contribution in [-0.2, 0) is 22.4 Å². The maximum Gasteiger partial charge on any atom is 0.231 e. The van der Waals surface area contributed by atoms with Gasteiger partial charge >= 0.3 is 0 Å². The van der Waals surface area contributed by atoms with Crippen LogP contribution in [0.25, 0.3) is 0 Å². The number of carbonyl (C=O) groups is 1. The number of ether oxygens (including phenoxy) is 3. The maximum atomic E-state index is 12.6. The summed E-state index contributed by atoms with van der Waals surface area (Å²) in [6, 6.07) is 17.3. The molecule has 0 aliphatic carbocycles. The van der Waals surface area contributed by atoms with Crippen molar-refractivity contribution in [2.45, 2.75) is 137 Å². The Morgan fingerprint density at radius 2 is 1.16 bits per heavy atom. The predicted molar refractivity (Wildman–Crippen MR) is 229 cm³/mol. The van der Waals surface area contributed by atoms with E-state index >= 15 is 0 Å². The maximum absolute atomic E-state index is 12.6. The quantitative estimate of drug-likeness (QED) is 0.255. The van der Waals surface area contributed by atoms with E-state index < -0.39 is 0 Å². The highest BCUT2D eigenvalue weighted by atomic mass is 16.7. The molecule has 3 fully saturated rings.